The van der Waals surface area contributed by atoms with Crippen LogP contribution in [0.3, 0.4) is 0 Å². The number of benzene rings is 2. The third-order valence-corrected chi connectivity index (χ3v) is 7.95. The second-order valence-electron chi connectivity index (χ2n) is 6.80. The quantitative estimate of drug-likeness (QED) is 0.362. The average molecular weight is 526 g/mol. The van der Waals surface area contributed by atoms with Crippen molar-refractivity contribution in [3.05, 3.63) is 76.1 Å². The van der Waals surface area contributed by atoms with E-state index in [1.165, 1.54) is 22.7 Å². The van der Waals surface area contributed by atoms with Gasteiger partial charge in [0.1, 0.15) is 10.6 Å². The van der Waals surface area contributed by atoms with E-state index in [2.05, 4.69) is 15.9 Å². The Morgan fingerprint density at radius 2 is 1.77 bits per heavy atom. The number of halogens is 2. The van der Waals surface area contributed by atoms with Crippen molar-refractivity contribution in [1.29, 1.82) is 0 Å². The van der Waals surface area contributed by atoms with Gasteiger partial charge in [0.2, 0.25) is 15.8 Å². The van der Waals surface area contributed by atoms with Gasteiger partial charge >= 0.3 is 5.97 Å². The maximum absolute atomic E-state index is 13.0. The zero-order valence-corrected chi connectivity index (χ0v) is 19.4. The standard InChI is InChI=1S/C21H18BrClN2O5S/c22-16-8-7-15(30-21(26)19-5-3-13-29-19)14-18(16)24-9-11-25(12-10-24)31(27,28)20-6-2-1-4-17(20)23/h1-8,13-14H,9-12H2. The maximum Gasteiger partial charge on any atom is 0.379 e. The third-order valence-electron chi connectivity index (χ3n) is 4.88. The molecule has 0 N–H and O–H groups in total. The second-order valence-corrected chi connectivity index (χ2v) is 9.97. The average Bonchev–Trinajstić information content (AvgIpc) is 3.30. The highest BCUT2D eigenvalue weighted by atomic mass is 79.9. The molecule has 1 fully saturated rings. The first-order valence-electron chi connectivity index (χ1n) is 9.41. The van der Waals surface area contributed by atoms with Crippen LogP contribution in [0.5, 0.6) is 5.75 Å². The molecule has 0 saturated carbocycles. The molecule has 1 aliphatic rings. The molecule has 4 rings (SSSR count). The number of carbonyl (C=O) groups is 1. The van der Waals surface area contributed by atoms with Crippen LogP contribution in [0.15, 0.2) is 74.6 Å². The minimum absolute atomic E-state index is 0.109. The predicted octanol–water partition coefficient (Wildman–Crippen LogP) is 4.43. The van der Waals surface area contributed by atoms with E-state index >= 15 is 0 Å². The van der Waals surface area contributed by atoms with Gasteiger partial charge in [-0.05, 0) is 52.3 Å². The van der Waals surface area contributed by atoms with E-state index in [-0.39, 0.29) is 15.7 Å². The van der Waals surface area contributed by atoms with Crippen LogP contribution in [-0.4, -0.2) is 44.9 Å². The highest BCUT2D eigenvalue weighted by Gasteiger charge is 2.30. The fourth-order valence-corrected chi connectivity index (χ4v) is 5.73. The van der Waals surface area contributed by atoms with Gasteiger partial charge in [0.05, 0.1) is 17.0 Å². The van der Waals surface area contributed by atoms with Crippen LogP contribution in [0.4, 0.5) is 5.69 Å². The van der Waals surface area contributed by atoms with E-state index in [1.54, 1.807) is 42.5 Å². The van der Waals surface area contributed by atoms with Gasteiger partial charge < -0.3 is 14.1 Å². The number of piperazine rings is 1. The summed E-state index contributed by atoms with van der Waals surface area (Å²) < 4.78 is 38.6. The lowest BCUT2D eigenvalue weighted by Gasteiger charge is -2.36. The molecule has 162 valence electrons. The van der Waals surface area contributed by atoms with Crippen molar-refractivity contribution in [3.8, 4) is 5.75 Å². The normalized spacial score (nSPS) is 15.1. The first-order chi connectivity index (χ1) is 14.9. The number of ether oxygens (including phenoxy) is 1. The summed E-state index contributed by atoms with van der Waals surface area (Å²) in [4.78, 5) is 14.3. The minimum atomic E-state index is -3.67. The number of nitrogens with zero attached hydrogens (tertiary/aromatic N) is 2. The van der Waals surface area contributed by atoms with Gasteiger partial charge in [-0.3, -0.25) is 0 Å². The first-order valence-corrected chi connectivity index (χ1v) is 12.0. The van der Waals surface area contributed by atoms with Crippen LogP contribution in [0.25, 0.3) is 0 Å². The maximum atomic E-state index is 13.0. The fraction of sp³-hybridized carbons (Fsp3) is 0.190. The summed E-state index contributed by atoms with van der Waals surface area (Å²) in [5, 5.41) is 0.207. The SMILES string of the molecule is O=C(Oc1ccc(Br)c(N2CCN(S(=O)(=O)c3ccccc3Cl)CC2)c1)c1ccco1. The number of hydrogen-bond acceptors (Lipinski definition) is 6. The Labute approximate surface area is 193 Å². The Balaban J connectivity index is 1.47. The largest absolute Gasteiger partial charge is 0.457 e. The van der Waals surface area contributed by atoms with Crippen LogP contribution >= 0.6 is 27.5 Å². The summed E-state index contributed by atoms with van der Waals surface area (Å²) in [6.07, 6.45) is 1.40. The van der Waals surface area contributed by atoms with Gasteiger partial charge in [0.15, 0.2) is 0 Å². The zero-order chi connectivity index (χ0) is 22.0. The molecule has 0 unspecified atom stereocenters. The molecule has 1 aliphatic heterocycles. The zero-order valence-electron chi connectivity index (χ0n) is 16.2. The van der Waals surface area contributed by atoms with Crippen LogP contribution in [0.1, 0.15) is 10.6 Å². The number of sulfonamides is 1. The first kappa shape index (κ1) is 21.9. The molecule has 31 heavy (non-hydrogen) atoms. The Morgan fingerprint density at radius 3 is 2.45 bits per heavy atom. The van der Waals surface area contributed by atoms with E-state index in [4.69, 9.17) is 20.8 Å². The van der Waals surface area contributed by atoms with Crippen LogP contribution in [0, 0.1) is 0 Å². The number of furan rings is 1. The lowest BCUT2D eigenvalue weighted by atomic mass is 10.2. The molecule has 10 heteroatoms. The number of rotatable bonds is 5. The molecule has 0 radical (unpaired) electrons. The van der Waals surface area contributed by atoms with Crippen LogP contribution in [0.2, 0.25) is 5.02 Å². The van der Waals surface area contributed by atoms with E-state index in [0.717, 1.165) is 10.2 Å². The molecule has 0 atom stereocenters. The summed E-state index contributed by atoms with van der Waals surface area (Å²) in [5.41, 5.74) is 0.805. The van der Waals surface area contributed by atoms with Crippen LogP contribution < -0.4 is 9.64 Å². The van der Waals surface area contributed by atoms with Crippen molar-refractivity contribution in [2.24, 2.45) is 0 Å². The molecule has 1 saturated heterocycles. The Hall–Kier alpha value is -2.33. The molecule has 0 amide bonds. The van der Waals surface area contributed by atoms with Gasteiger partial charge in [-0.1, -0.05) is 23.7 Å². The number of anilines is 1. The molecule has 0 spiro atoms. The molecule has 1 aromatic heterocycles. The number of esters is 1. The summed E-state index contributed by atoms with van der Waals surface area (Å²) in [5.74, 6) is -0.109. The molecular weight excluding hydrogens is 508 g/mol. The molecule has 2 heterocycles. The Kier molecular flexibility index (Phi) is 6.38. The monoisotopic (exact) mass is 524 g/mol. The van der Waals surface area contributed by atoms with Crippen LogP contribution in [-0.2, 0) is 10.0 Å². The predicted molar refractivity (Wildman–Crippen MR) is 120 cm³/mol. The summed E-state index contributed by atoms with van der Waals surface area (Å²) in [6, 6.07) is 14.8. The third kappa shape index (κ3) is 4.64. The van der Waals surface area contributed by atoms with Crippen molar-refractivity contribution < 1.29 is 22.4 Å². The van der Waals surface area contributed by atoms with E-state index in [1.807, 2.05) is 4.90 Å². The summed E-state index contributed by atoms with van der Waals surface area (Å²) >= 11 is 9.62. The summed E-state index contributed by atoms with van der Waals surface area (Å²) in [7, 11) is -3.67. The number of hydrogen-bond donors (Lipinski definition) is 0. The van der Waals surface area contributed by atoms with Gasteiger partial charge in [-0.2, -0.15) is 4.31 Å². The molecule has 7 nitrogen and oxygen atoms in total. The van der Waals surface area contributed by atoms with Gasteiger partial charge in [0, 0.05) is 36.7 Å². The molecule has 2 aromatic carbocycles. The van der Waals surface area contributed by atoms with Gasteiger partial charge in [0.25, 0.3) is 0 Å². The van der Waals surface area contributed by atoms with Crippen molar-refractivity contribution in [3.63, 3.8) is 0 Å². The van der Waals surface area contributed by atoms with Gasteiger partial charge in [-0.25, -0.2) is 13.2 Å². The molecule has 3 aromatic rings. The van der Waals surface area contributed by atoms with Crippen molar-refractivity contribution in [2.45, 2.75) is 4.90 Å². The molecule has 0 aliphatic carbocycles. The highest BCUT2D eigenvalue weighted by molar-refractivity contribution is 9.10. The van der Waals surface area contributed by atoms with Crippen molar-refractivity contribution >= 4 is 49.2 Å². The Morgan fingerprint density at radius 1 is 1.03 bits per heavy atom. The minimum Gasteiger partial charge on any atom is -0.457 e. The lowest BCUT2D eigenvalue weighted by Crippen LogP contribution is -2.48. The van der Waals surface area contributed by atoms with E-state index in [9.17, 15) is 13.2 Å². The van der Waals surface area contributed by atoms with Gasteiger partial charge in [-0.15, -0.1) is 0 Å². The van der Waals surface area contributed by atoms with E-state index < -0.39 is 16.0 Å². The smallest absolute Gasteiger partial charge is 0.379 e. The van der Waals surface area contributed by atoms with E-state index in [0.29, 0.717) is 31.9 Å². The Bertz CT molecular complexity index is 1190. The fourth-order valence-electron chi connectivity index (χ4n) is 3.31. The molecular formula is C21H18BrClN2O5S. The molecule has 0 bridgehead atoms. The second kappa shape index (κ2) is 9.04. The summed E-state index contributed by atoms with van der Waals surface area (Å²) in [6.45, 7) is 1.54. The number of carbonyl (C=O) groups excluding carboxylic acids is 1. The topological polar surface area (TPSA) is 80.1 Å². The van der Waals surface area contributed by atoms with Crippen molar-refractivity contribution in [2.75, 3.05) is 31.1 Å². The highest BCUT2D eigenvalue weighted by Crippen LogP contribution is 2.33. The lowest BCUT2D eigenvalue weighted by molar-refractivity contribution is 0.0701. The van der Waals surface area contributed by atoms with Crippen molar-refractivity contribution in [1.82, 2.24) is 4.31 Å².